The molecule has 1 atom stereocenters. The molecule has 8 bridgehead atoms. The molecule has 1 saturated heterocycles. The molecule has 172 valence electrons. The Balaban J connectivity index is 1.26. The standard InChI is InChI=1S/C30H40O2/c1-18-2-26(29-10-19-3-20(11-29)5-21(4-19)12-29)27(9-28(18)32-17-25-16-31-25)30-13-22-6-23(14-30)8-24(7-22)15-30/h2,9,19-25H,3-8,10-17H2,1H3. The fourth-order valence-electron chi connectivity index (χ4n) is 10.9. The van der Waals surface area contributed by atoms with E-state index in [9.17, 15) is 0 Å². The molecule has 8 saturated carbocycles. The Hall–Kier alpha value is -1.02. The zero-order valence-electron chi connectivity index (χ0n) is 19.9. The lowest BCUT2D eigenvalue weighted by molar-refractivity contribution is -0.0175. The first-order valence-corrected chi connectivity index (χ1v) is 14.0. The third-order valence-corrected chi connectivity index (χ3v) is 11.4. The molecule has 2 heteroatoms. The highest BCUT2D eigenvalue weighted by atomic mass is 16.6. The normalized spacial score (nSPS) is 49.6. The number of epoxide rings is 1. The molecule has 1 heterocycles. The number of hydrogen-bond donors (Lipinski definition) is 0. The molecule has 8 aliphatic carbocycles. The molecular formula is C30H40O2. The van der Waals surface area contributed by atoms with Crippen LogP contribution in [0.4, 0.5) is 0 Å². The first kappa shape index (κ1) is 19.3. The molecule has 2 nitrogen and oxygen atoms in total. The van der Waals surface area contributed by atoms with E-state index in [1.54, 1.807) is 5.56 Å². The highest BCUT2D eigenvalue weighted by Gasteiger charge is 2.56. The van der Waals surface area contributed by atoms with Gasteiger partial charge in [0, 0.05) is 0 Å². The van der Waals surface area contributed by atoms with Gasteiger partial charge < -0.3 is 9.47 Å². The summed E-state index contributed by atoms with van der Waals surface area (Å²) in [4.78, 5) is 0. The molecule has 0 radical (unpaired) electrons. The molecule has 0 N–H and O–H groups in total. The Morgan fingerprint density at radius 2 is 1.12 bits per heavy atom. The Morgan fingerprint density at radius 1 is 0.719 bits per heavy atom. The average molecular weight is 433 g/mol. The molecule has 9 fully saturated rings. The van der Waals surface area contributed by atoms with Crippen molar-refractivity contribution in [2.24, 2.45) is 35.5 Å². The predicted octanol–water partition coefficient (Wildman–Crippen LogP) is 6.71. The van der Waals surface area contributed by atoms with E-state index in [2.05, 4.69) is 19.1 Å². The van der Waals surface area contributed by atoms with Crippen LogP contribution in [0.15, 0.2) is 12.1 Å². The lowest BCUT2D eigenvalue weighted by atomic mass is 9.44. The number of aryl methyl sites for hydroxylation is 1. The van der Waals surface area contributed by atoms with Crippen LogP contribution in [0.2, 0.25) is 0 Å². The minimum atomic E-state index is 0.334. The van der Waals surface area contributed by atoms with Crippen LogP contribution < -0.4 is 4.74 Å². The summed E-state index contributed by atoms with van der Waals surface area (Å²) < 4.78 is 11.9. The van der Waals surface area contributed by atoms with E-state index in [4.69, 9.17) is 9.47 Å². The largest absolute Gasteiger partial charge is 0.491 e. The number of ether oxygens (including phenoxy) is 2. The van der Waals surface area contributed by atoms with Crippen LogP contribution in [-0.2, 0) is 15.6 Å². The predicted molar refractivity (Wildman–Crippen MR) is 126 cm³/mol. The van der Waals surface area contributed by atoms with Gasteiger partial charge in [0.2, 0.25) is 0 Å². The van der Waals surface area contributed by atoms with Crippen LogP contribution in [0.1, 0.15) is 93.7 Å². The Bertz CT molecular complexity index is 870. The monoisotopic (exact) mass is 432 g/mol. The molecule has 1 unspecified atom stereocenters. The highest BCUT2D eigenvalue weighted by molar-refractivity contribution is 5.51. The zero-order chi connectivity index (χ0) is 21.1. The van der Waals surface area contributed by atoms with E-state index in [0.717, 1.165) is 48.7 Å². The Kier molecular flexibility index (Phi) is 3.95. The number of hydrogen-bond acceptors (Lipinski definition) is 2. The van der Waals surface area contributed by atoms with Crippen LogP contribution in [0.3, 0.4) is 0 Å². The van der Waals surface area contributed by atoms with Crippen LogP contribution >= 0.6 is 0 Å². The quantitative estimate of drug-likeness (QED) is 0.482. The van der Waals surface area contributed by atoms with E-state index in [1.807, 2.05) is 5.56 Å². The average Bonchev–Trinajstić information content (AvgIpc) is 3.55. The Labute approximate surface area is 193 Å². The van der Waals surface area contributed by atoms with Crippen LogP contribution in [-0.4, -0.2) is 19.3 Å². The van der Waals surface area contributed by atoms with Crippen molar-refractivity contribution in [1.29, 1.82) is 0 Å². The van der Waals surface area contributed by atoms with Crippen molar-refractivity contribution in [1.82, 2.24) is 0 Å². The summed E-state index contributed by atoms with van der Waals surface area (Å²) in [5.41, 5.74) is 5.90. The fourth-order valence-corrected chi connectivity index (χ4v) is 10.9. The molecule has 1 aliphatic heterocycles. The zero-order valence-corrected chi connectivity index (χ0v) is 19.9. The first-order chi connectivity index (χ1) is 15.6. The van der Waals surface area contributed by atoms with Gasteiger partial charge in [0.1, 0.15) is 18.5 Å². The van der Waals surface area contributed by atoms with E-state index in [-0.39, 0.29) is 0 Å². The summed E-state index contributed by atoms with van der Waals surface area (Å²) in [6, 6.07) is 5.25. The molecule has 0 spiro atoms. The topological polar surface area (TPSA) is 21.8 Å². The summed E-state index contributed by atoms with van der Waals surface area (Å²) >= 11 is 0. The second-order valence-electron chi connectivity index (χ2n) is 13.8. The van der Waals surface area contributed by atoms with Crippen molar-refractivity contribution in [3.05, 3.63) is 28.8 Å². The third kappa shape index (κ3) is 2.87. The van der Waals surface area contributed by atoms with E-state index >= 15 is 0 Å². The maximum absolute atomic E-state index is 6.41. The molecule has 0 amide bonds. The first-order valence-electron chi connectivity index (χ1n) is 14.0. The summed E-state index contributed by atoms with van der Waals surface area (Å²) in [5, 5.41) is 0. The van der Waals surface area contributed by atoms with Crippen molar-refractivity contribution in [2.75, 3.05) is 13.2 Å². The lowest BCUT2D eigenvalue weighted by Crippen LogP contribution is -2.52. The van der Waals surface area contributed by atoms with Crippen molar-refractivity contribution < 1.29 is 9.47 Å². The van der Waals surface area contributed by atoms with Crippen molar-refractivity contribution in [3.63, 3.8) is 0 Å². The van der Waals surface area contributed by atoms with E-state index in [1.165, 1.54) is 88.4 Å². The minimum Gasteiger partial charge on any atom is -0.491 e. The molecule has 1 aromatic rings. The maximum atomic E-state index is 6.41. The van der Waals surface area contributed by atoms with Gasteiger partial charge in [-0.3, -0.25) is 0 Å². The Morgan fingerprint density at radius 3 is 1.53 bits per heavy atom. The van der Waals surface area contributed by atoms with Gasteiger partial charge in [-0.05, 0) is 153 Å². The van der Waals surface area contributed by atoms with Crippen molar-refractivity contribution >= 4 is 0 Å². The highest BCUT2D eigenvalue weighted by Crippen LogP contribution is 2.66. The van der Waals surface area contributed by atoms with Gasteiger partial charge in [0.05, 0.1) is 6.61 Å². The minimum absolute atomic E-state index is 0.334. The molecular weight excluding hydrogens is 392 g/mol. The molecule has 1 aromatic carbocycles. The fraction of sp³-hybridized carbons (Fsp3) is 0.800. The summed E-state index contributed by atoms with van der Waals surface area (Å²) in [5.74, 6) is 7.18. The van der Waals surface area contributed by atoms with Crippen molar-refractivity contribution in [3.8, 4) is 5.75 Å². The molecule has 9 aliphatic rings. The maximum Gasteiger partial charge on any atom is 0.122 e. The van der Waals surface area contributed by atoms with Gasteiger partial charge in [-0.15, -0.1) is 0 Å². The second-order valence-corrected chi connectivity index (χ2v) is 13.8. The smallest absolute Gasteiger partial charge is 0.122 e. The second kappa shape index (κ2) is 6.55. The molecule has 32 heavy (non-hydrogen) atoms. The van der Waals surface area contributed by atoms with Gasteiger partial charge in [-0.2, -0.15) is 0 Å². The van der Waals surface area contributed by atoms with Gasteiger partial charge >= 0.3 is 0 Å². The third-order valence-electron chi connectivity index (χ3n) is 11.4. The van der Waals surface area contributed by atoms with Gasteiger partial charge in [-0.1, -0.05) is 6.07 Å². The van der Waals surface area contributed by atoms with Gasteiger partial charge in [-0.25, -0.2) is 0 Å². The summed E-state index contributed by atoms with van der Waals surface area (Å²) in [6.45, 7) is 3.93. The SMILES string of the molecule is Cc1cc(C23CC4CC(CC(C4)C2)C3)c(C23CC4CC(CC(C4)C2)C3)cc1OCC1CO1. The van der Waals surface area contributed by atoms with Gasteiger partial charge in [0.15, 0.2) is 0 Å². The number of rotatable bonds is 5. The van der Waals surface area contributed by atoms with E-state index < -0.39 is 0 Å². The van der Waals surface area contributed by atoms with Crippen LogP contribution in [0, 0.1) is 42.4 Å². The molecule has 0 aromatic heterocycles. The summed E-state index contributed by atoms with van der Waals surface area (Å²) in [6.07, 6.45) is 18.4. The van der Waals surface area contributed by atoms with Crippen molar-refractivity contribution in [2.45, 2.75) is 101 Å². The van der Waals surface area contributed by atoms with Crippen LogP contribution in [0.25, 0.3) is 0 Å². The lowest BCUT2D eigenvalue weighted by Gasteiger charge is -2.61. The number of benzene rings is 1. The van der Waals surface area contributed by atoms with E-state index in [0.29, 0.717) is 16.9 Å². The van der Waals surface area contributed by atoms with Gasteiger partial charge in [0.25, 0.3) is 0 Å². The molecule has 10 rings (SSSR count). The van der Waals surface area contributed by atoms with Crippen LogP contribution in [0.5, 0.6) is 5.75 Å². The summed E-state index contributed by atoms with van der Waals surface area (Å²) in [7, 11) is 0.